The van der Waals surface area contributed by atoms with Gasteiger partial charge in [-0.1, -0.05) is 41.7 Å². The highest BCUT2D eigenvalue weighted by Gasteiger charge is 2.24. The molecule has 0 radical (unpaired) electrons. The highest BCUT2D eigenvalue weighted by atomic mass is 32.1. The van der Waals surface area contributed by atoms with Crippen molar-refractivity contribution in [2.24, 2.45) is 0 Å². The third-order valence-corrected chi connectivity index (χ3v) is 6.46. The third kappa shape index (κ3) is 3.45. The maximum Gasteiger partial charge on any atom is 0.194 e. The zero-order valence-corrected chi connectivity index (χ0v) is 17.0. The molecule has 5 rings (SSSR count). The molecule has 1 aliphatic heterocycles. The second-order valence-corrected chi connectivity index (χ2v) is 8.29. The average molecular weight is 404 g/mol. The van der Waals surface area contributed by atoms with Crippen molar-refractivity contribution in [1.29, 1.82) is 0 Å². The predicted octanol–water partition coefficient (Wildman–Crippen LogP) is 4.31. The van der Waals surface area contributed by atoms with E-state index < -0.39 is 0 Å². The number of carbonyl (C=O) groups excluding carboxylic acids is 1. The van der Waals surface area contributed by atoms with Crippen LogP contribution < -0.4 is 4.74 Å². The van der Waals surface area contributed by atoms with Crippen LogP contribution in [-0.4, -0.2) is 40.3 Å². The molecular weight excluding hydrogens is 382 g/mol. The molecule has 6 heteroatoms. The van der Waals surface area contributed by atoms with E-state index in [1.165, 1.54) is 10.6 Å². The van der Waals surface area contributed by atoms with Gasteiger partial charge in [-0.05, 0) is 24.3 Å². The molecule has 0 saturated carbocycles. The Morgan fingerprint density at radius 1 is 1.14 bits per heavy atom. The molecule has 146 valence electrons. The van der Waals surface area contributed by atoms with Crippen LogP contribution in [0.4, 0.5) is 0 Å². The number of Topliss-reactive ketones (excluding diaryl/α,β-unsaturated/α-hetero) is 1. The second kappa shape index (κ2) is 7.46. The van der Waals surface area contributed by atoms with Crippen LogP contribution in [-0.2, 0) is 13.0 Å². The van der Waals surface area contributed by atoms with Gasteiger partial charge in [0.25, 0.3) is 0 Å². The van der Waals surface area contributed by atoms with Crippen molar-refractivity contribution in [2.75, 3.05) is 20.2 Å². The van der Waals surface area contributed by atoms with Crippen LogP contribution in [0.5, 0.6) is 5.75 Å². The highest BCUT2D eigenvalue weighted by Crippen LogP contribution is 2.31. The van der Waals surface area contributed by atoms with Crippen molar-refractivity contribution in [1.82, 2.24) is 14.3 Å². The Labute approximate surface area is 173 Å². The molecule has 0 saturated heterocycles. The number of methoxy groups -OCH3 is 1. The van der Waals surface area contributed by atoms with E-state index in [0.29, 0.717) is 6.54 Å². The predicted molar refractivity (Wildman–Crippen MR) is 115 cm³/mol. The topological polar surface area (TPSA) is 46.8 Å². The van der Waals surface area contributed by atoms with E-state index in [0.717, 1.165) is 47.0 Å². The molecule has 4 aromatic rings. The molecule has 0 fully saturated rings. The first-order valence-corrected chi connectivity index (χ1v) is 10.5. The summed E-state index contributed by atoms with van der Waals surface area (Å²) in [4.78, 5) is 22.0. The van der Waals surface area contributed by atoms with Gasteiger partial charge in [0.1, 0.15) is 5.75 Å². The lowest BCUT2D eigenvalue weighted by Gasteiger charge is -2.25. The van der Waals surface area contributed by atoms with Gasteiger partial charge in [-0.3, -0.25) is 14.1 Å². The van der Waals surface area contributed by atoms with Gasteiger partial charge < -0.3 is 4.74 Å². The van der Waals surface area contributed by atoms with Crippen LogP contribution in [0.2, 0.25) is 0 Å². The van der Waals surface area contributed by atoms with Gasteiger partial charge in [-0.25, -0.2) is 4.98 Å². The van der Waals surface area contributed by atoms with Crippen LogP contribution in [0, 0.1) is 0 Å². The number of fused-ring (bicyclic) bond motifs is 3. The lowest BCUT2D eigenvalue weighted by Crippen LogP contribution is -2.34. The van der Waals surface area contributed by atoms with E-state index in [2.05, 4.69) is 27.6 Å². The summed E-state index contributed by atoms with van der Waals surface area (Å²) in [5.41, 5.74) is 4.20. The van der Waals surface area contributed by atoms with E-state index in [-0.39, 0.29) is 5.78 Å². The molecule has 0 bridgehead atoms. The highest BCUT2D eigenvalue weighted by molar-refractivity contribution is 7.17. The Balaban J connectivity index is 1.32. The molecule has 1 aliphatic rings. The quantitative estimate of drug-likeness (QED) is 0.466. The number of hydrogen-bond donors (Lipinski definition) is 0. The summed E-state index contributed by atoms with van der Waals surface area (Å²) in [7, 11) is 1.63. The largest absolute Gasteiger partial charge is 0.497 e. The summed E-state index contributed by atoms with van der Waals surface area (Å²) in [5, 5.41) is 0. The van der Waals surface area contributed by atoms with Crippen molar-refractivity contribution in [3.63, 3.8) is 0 Å². The molecule has 0 unspecified atom stereocenters. The van der Waals surface area contributed by atoms with Crippen molar-refractivity contribution >= 4 is 22.1 Å². The smallest absolute Gasteiger partial charge is 0.194 e. The van der Waals surface area contributed by atoms with E-state index in [4.69, 9.17) is 9.72 Å². The molecule has 0 amide bonds. The van der Waals surface area contributed by atoms with Crippen molar-refractivity contribution in [2.45, 2.75) is 13.0 Å². The monoisotopic (exact) mass is 403 g/mol. The van der Waals surface area contributed by atoms with Crippen molar-refractivity contribution < 1.29 is 9.53 Å². The number of carbonyl (C=O) groups is 1. The Morgan fingerprint density at radius 2 is 1.93 bits per heavy atom. The number of ether oxygens (including phenoxy) is 1. The molecule has 2 aromatic heterocycles. The molecule has 0 N–H and O–H groups in total. The van der Waals surface area contributed by atoms with Gasteiger partial charge in [0.2, 0.25) is 0 Å². The summed E-state index contributed by atoms with van der Waals surface area (Å²) in [6.07, 6.45) is 3.06. The minimum atomic E-state index is 0.142. The van der Waals surface area contributed by atoms with Gasteiger partial charge in [-0.15, -0.1) is 0 Å². The summed E-state index contributed by atoms with van der Waals surface area (Å²) >= 11 is 1.73. The number of imidazole rings is 1. The van der Waals surface area contributed by atoms with Crippen LogP contribution in [0.25, 0.3) is 16.2 Å². The van der Waals surface area contributed by atoms with E-state index in [1.54, 1.807) is 18.4 Å². The molecule has 29 heavy (non-hydrogen) atoms. The van der Waals surface area contributed by atoms with Gasteiger partial charge >= 0.3 is 0 Å². The van der Waals surface area contributed by atoms with Crippen LogP contribution in [0.3, 0.4) is 0 Å². The van der Waals surface area contributed by atoms with E-state index in [9.17, 15) is 4.79 Å². The Kier molecular flexibility index (Phi) is 4.66. The van der Waals surface area contributed by atoms with Crippen LogP contribution in [0.1, 0.15) is 20.9 Å². The Morgan fingerprint density at radius 3 is 2.69 bits per heavy atom. The number of ketones is 1. The minimum absolute atomic E-state index is 0.142. The zero-order chi connectivity index (χ0) is 19.8. The SMILES string of the molecule is COc1ccc(C(=O)CN2CCc3c(sc4nc(-c5ccccc5)cn34)C2)cc1. The number of aromatic nitrogens is 2. The standard InChI is InChI=1S/C23H21N3O2S/c1-28-18-9-7-17(8-10-18)21(27)14-25-12-11-20-22(15-25)29-23-24-19(13-26(20)23)16-5-3-2-4-6-16/h2-10,13H,11-12,14-15H2,1H3. The zero-order valence-electron chi connectivity index (χ0n) is 16.2. The number of hydrogen-bond acceptors (Lipinski definition) is 5. The normalized spacial score (nSPS) is 14.1. The summed E-state index contributed by atoms with van der Waals surface area (Å²) in [6.45, 7) is 2.10. The van der Waals surface area contributed by atoms with Gasteiger partial charge in [-0.2, -0.15) is 0 Å². The van der Waals surface area contributed by atoms with Crippen molar-refractivity contribution in [3.05, 3.63) is 76.9 Å². The lowest BCUT2D eigenvalue weighted by molar-refractivity contribution is 0.0922. The van der Waals surface area contributed by atoms with E-state index in [1.807, 2.05) is 42.5 Å². The number of rotatable bonds is 5. The molecule has 0 atom stereocenters. The first-order valence-electron chi connectivity index (χ1n) is 9.66. The summed E-state index contributed by atoms with van der Waals surface area (Å²) in [5.74, 6) is 0.907. The summed E-state index contributed by atoms with van der Waals surface area (Å²) < 4.78 is 7.39. The fourth-order valence-electron chi connectivity index (χ4n) is 3.82. The maximum atomic E-state index is 12.7. The molecular formula is C23H21N3O2S. The average Bonchev–Trinajstić information content (AvgIpc) is 3.32. The fourth-order valence-corrected chi connectivity index (χ4v) is 5.01. The number of benzene rings is 2. The van der Waals surface area contributed by atoms with E-state index >= 15 is 0 Å². The number of thiazole rings is 1. The molecule has 2 aromatic carbocycles. The maximum absolute atomic E-state index is 12.7. The van der Waals surface area contributed by atoms with Gasteiger partial charge in [0.15, 0.2) is 10.7 Å². The first-order chi connectivity index (χ1) is 14.2. The first kappa shape index (κ1) is 18.1. The third-order valence-electron chi connectivity index (χ3n) is 5.38. The molecule has 0 spiro atoms. The summed E-state index contributed by atoms with van der Waals surface area (Å²) in [6, 6.07) is 17.6. The molecule has 0 aliphatic carbocycles. The lowest BCUT2D eigenvalue weighted by atomic mass is 10.1. The van der Waals surface area contributed by atoms with Gasteiger partial charge in [0, 0.05) is 47.4 Å². The Hall–Kier alpha value is -2.96. The Bertz CT molecular complexity index is 1160. The molecule has 5 nitrogen and oxygen atoms in total. The fraction of sp³-hybridized carbons (Fsp3) is 0.217. The van der Waals surface area contributed by atoms with Crippen LogP contribution in [0.15, 0.2) is 60.8 Å². The van der Waals surface area contributed by atoms with Crippen LogP contribution >= 0.6 is 11.3 Å². The number of nitrogens with zero attached hydrogens (tertiary/aromatic N) is 3. The van der Waals surface area contributed by atoms with Crippen molar-refractivity contribution in [3.8, 4) is 17.0 Å². The second-order valence-electron chi connectivity index (χ2n) is 7.23. The van der Waals surface area contributed by atoms with Gasteiger partial charge in [0.05, 0.1) is 19.3 Å². The molecule has 3 heterocycles. The minimum Gasteiger partial charge on any atom is -0.497 e.